The average Bonchev–Trinajstić information content (AvgIpc) is 3.26. The number of nitrogens with zero attached hydrogens (tertiary/aromatic N) is 1. The number of aromatic amines is 1. The Kier molecular flexibility index (Phi) is 4.97. The molecule has 0 aliphatic heterocycles. The van der Waals surface area contributed by atoms with Crippen LogP contribution in [0.2, 0.25) is 0 Å². The third kappa shape index (κ3) is 3.56. The van der Waals surface area contributed by atoms with Crippen LogP contribution in [0.5, 0.6) is 0 Å². The van der Waals surface area contributed by atoms with E-state index in [1.165, 1.54) is 12.0 Å². The Labute approximate surface area is 151 Å². The molecule has 7 nitrogen and oxygen atoms in total. The van der Waals surface area contributed by atoms with Crippen molar-refractivity contribution >= 4 is 17.7 Å². The maximum absolute atomic E-state index is 12.9. The van der Waals surface area contributed by atoms with Crippen LogP contribution in [0.4, 0.5) is 0 Å². The number of carbonyl (C=O) groups excluding carboxylic acids is 3. The van der Waals surface area contributed by atoms with Gasteiger partial charge in [-0.1, -0.05) is 0 Å². The largest absolute Gasteiger partial charge is 0.467 e. The van der Waals surface area contributed by atoms with Gasteiger partial charge in [-0.25, -0.2) is 4.79 Å². The van der Waals surface area contributed by atoms with Crippen LogP contribution in [0.1, 0.15) is 50.7 Å². The molecule has 26 heavy (non-hydrogen) atoms. The van der Waals surface area contributed by atoms with E-state index in [0.29, 0.717) is 22.6 Å². The molecule has 0 spiro atoms. The van der Waals surface area contributed by atoms with Gasteiger partial charge in [0.15, 0.2) is 5.78 Å². The number of hydrogen-bond donors (Lipinski definition) is 1. The highest BCUT2D eigenvalue weighted by Gasteiger charge is 2.35. The zero-order valence-corrected chi connectivity index (χ0v) is 15.1. The van der Waals surface area contributed by atoms with Crippen molar-refractivity contribution in [3.8, 4) is 0 Å². The summed E-state index contributed by atoms with van der Waals surface area (Å²) in [7, 11) is 1.29. The van der Waals surface area contributed by atoms with E-state index >= 15 is 0 Å². The lowest BCUT2D eigenvalue weighted by Crippen LogP contribution is -2.36. The summed E-state index contributed by atoms with van der Waals surface area (Å²) in [4.78, 5) is 41.7. The van der Waals surface area contributed by atoms with Crippen LogP contribution in [0.25, 0.3) is 0 Å². The second-order valence-electron chi connectivity index (χ2n) is 6.59. The molecule has 1 aliphatic carbocycles. The van der Waals surface area contributed by atoms with E-state index in [9.17, 15) is 14.4 Å². The smallest absolute Gasteiger partial charge is 0.354 e. The van der Waals surface area contributed by atoms with E-state index in [1.54, 1.807) is 32.2 Å². The summed E-state index contributed by atoms with van der Waals surface area (Å²) >= 11 is 0. The molecule has 0 saturated heterocycles. The van der Waals surface area contributed by atoms with Gasteiger partial charge in [-0.3, -0.25) is 9.59 Å². The molecule has 0 aromatic carbocycles. The van der Waals surface area contributed by atoms with Gasteiger partial charge in [0.25, 0.3) is 0 Å². The minimum absolute atomic E-state index is 0.00295. The van der Waals surface area contributed by atoms with Crippen molar-refractivity contribution in [2.75, 3.05) is 13.7 Å². The summed E-state index contributed by atoms with van der Waals surface area (Å²) in [6, 6.07) is 3.53. The molecule has 3 rings (SSSR count). The molecule has 0 atom stereocenters. The zero-order chi connectivity index (χ0) is 18.8. The van der Waals surface area contributed by atoms with E-state index in [4.69, 9.17) is 9.15 Å². The molecule has 2 heterocycles. The summed E-state index contributed by atoms with van der Waals surface area (Å²) in [6.07, 6.45) is 3.26. The molecule has 1 N–H and O–H groups in total. The van der Waals surface area contributed by atoms with Crippen molar-refractivity contribution < 1.29 is 23.5 Å². The number of nitrogens with one attached hydrogen (secondary N) is 1. The number of aromatic nitrogens is 1. The lowest BCUT2D eigenvalue weighted by Gasteiger charge is -2.21. The van der Waals surface area contributed by atoms with Crippen LogP contribution in [-0.2, 0) is 16.1 Å². The lowest BCUT2D eigenvalue weighted by molar-refractivity contribution is -0.132. The van der Waals surface area contributed by atoms with Gasteiger partial charge < -0.3 is 19.0 Å². The first kappa shape index (κ1) is 18.0. The molecule has 138 valence electrons. The van der Waals surface area contributed by atoms with Gasteiger partial charge in [-0.15, -0.1) is 0 Å². The number of ether oxygens (including phenoxy) is 1. The second-order valence-corrected chi connectivity index (χ2v) is 6.59. The Morgan fingerprint density at radius 3 is 2.62 bits per heavy atom. The van der Waals surface area contributed by atoms with Crippen LogP contribution in [0.15, 0.2) is 22.8 Å². The Hall–Kier alpha value is -2.83. The topological polar surface area (TPSA) is 92.6 Å². The van der Waals surface area contributed by atoms with Gasteiger partial charge in [0.05, 0.1) is 26.5 Å². The monoisotopic (exact) mass is 358 g/mol. The van der Waals surface area contributed by atoms with Crippen molar-refractivity contribution in [1.82, 2.24) is 9.88 Å². The highest BCUT2D eigenvalue weighted by Crippen LogP contribution is 2.32. The number of Topliss-reactive ketones (excluding diaryl/α,β-unsaturated/α-hetero) is 1. The third-order valence-electron chi connectivity index (χ3n) is 4.61. The lowest BCUT2D eigenvalue weighted by atomic mass is 10.0. The first-order valence-electron chi connectivity index (χ1n) is 8.54. The number of carbonyl (C=O) groups is 3. The predicted molar refractivity (Wildman–Crippen MR) is 92.8 cm³/mol. The van der Waals surface area contributed by atoms with Gasteiger partial charge in [0.2, 0.25) is 5.91 Å². The average molecular weight is 358 g/mol. The highest BCUT2D eigenvalue weighted by atomic mass is 16.5. The molecule has 2 aromatic rings. The number of furan rings is 1. The van der Waals surface area contributed by atoms with Crippen LogP contribution >= 0.6 is 0 Å². The molecule has 1 amide bonds. The van der Waals surface area contributed by atoms with Gasteiger partial charge in [0.1, 0.15) is 11.5 Å². The van der Waals surface area contributed by atoms with E-state index in [0.717, 1.165) is 12.8 Å². The van der Waals surface area contributed by atoms with Crippen LogP contribution in [0, 0.1) is 19.8 Å². The molecule has 1 aliphatic rings. The highest BCUT2D eigenvalue weighted by molar-refractivity contribution is 6.04. The van der Waals surface area contributed by atoms with Crippen molar-refractivity contribution in [2.45, 2.75) is 33.2 Å². The van der Waals surface area contributed by atoms with Crippen LogP contribution in [-0.4, -0.2) is 41.2 Å². The standard InChI is InChI=1S/C19H22N2O5/c1-11-16(12(2)20-17(11)19(24)25-3)15(22)10-21(18(23)13-6-7-13)9-14-5-4-8-26-14/h4-5,8,13,20H,6-7,9-10H2,1-3H3. The SMILES string of the molecule is COC(=O)c1[nH]c(C)c(C(=O)CN(Cc2ccco2)C(=O)C2CC2)c1C. The first-order chi connectivity index (χ1) is 12.4. The number of ketones is 1. The van der Waals surface area contributed by atoms with Crippen molar-refractivity contribution in [1.29, 1.82) is 0 Å². The fourth-order valence-electron chi connectivity index (χ4n) is 3.12. The van der Waals surface area contributed by atoms with Gasteiger partial charge >= 0.3 is 5.97 Å². The Bertz CT molecular complexity index is 830. The van der Waals surface area contributed by atoms with Crippen molar-refractivity contribution in [3.05, 3.63) is 46.7 Å². The molecule has 1 fully saturated rings. The summed E-state index contributed by atoms with van der Waals surface area (Å²) in [6.45, 7) is 3.62. The Morgan fingerprint density at radius 2 is 2.04 bits per heavy atom. The number of H-pyrrole nitrogens is 1. The summed E-state index contributed by atoms with van der Waals surface area (Å²) < 4.78 is 10.1. The number of amides is 1. The van der Waals surface area contributed by atoms with Gasteiger partial charge in [-0.2, -0.15) is 0 Å². The fourth-order valence-corrected chi connectivity index (χ4v) is 3.12. The van der Waals surface area contributed by atoms with E-state index < -0.39 is 5.97 Å². The summed E-state index contributed by atoms with van der Waals surface area (Å²) in [5, 5.41) is 0. The maximum atomic E-state index is 12.9. The van der Waals surface area contributed by atoms with E-state index in [2.05, 4.69) is 4.98 Å². The quantitative estimate of drug-likeness (QED) is 0.607. The zero-order valence-electron chi connectivity index (χ0n) is 15.1. The predicted octanol–water partition coefficient (Wildman–Crippen LogP) is 2.63. The number of methoxy groups -OCH3 is 1. The van der Waals surface area contributed by atoms with Gasteiger partial charge in [-0.05, 0) is 44.4 Å². The van der Waals surface area contributed by atoms with Gasteiger partial charge in [0, 0.05) is 17.2 Å². The van der Waals surface area contributed by atoms with Crippen molar-refractivity contribution in [2.24, 2.45) is 5.92 Å². The van der Waals surface area contributed by atoms with Crippen molar-refractivity contribution in [3.63, 3.8) is 0 Å². The molecule has 0 unspecified atom stereocenters. The third-order valence-corrected chi connectivity index (χ3v) is 4.61. The van der Waals surface area contributed by atoms with E-state index in [1.807, 2.05) is 0 Å². The molecule has 7 heteroatoms. The van der Waals surface area contributed by atoms with Crippen LogP contribution in [0.3, 0.4) is 0 Å². The first-order valence-corrected chi connectivity index (χ1v) is 8.54. The molecule has 1 saturated carbocycles. The number of aryl methyl sites for hydroxylation is 1. The van der Waals surface area contributed by atoms with Crippen LogP contribution < -0.4 is 0 Å². The number of esters is 1. The number of hydrogen-bond acceptors (Lipinski definition) is 5. The molecule has 0 radical (unpaired) electrons. The molecular weight excluding hydrogens is 336 g/mol. The molecule has 0 bridgehead atoms. The number of rotatable bonds is 7. The fraction of sp³-hybridized carbons (Fsp3) is 0.421. The molecular formula is C19H22N2O5. The minimum Gasteiger partial charge on any atom is -0.467 e. The maximum Gasteiger partial charge on any atom is 0.354 e. The molecule has 2 aromatic heterocycles. The Morgan fingerprint density at radius 1 is 1.31 bits per heavy atom. The minimum atomic E-state index is -0.522. The summed E-state index contributed by atoms with van der Waals surface area (Å²) in [5.74, 6) is -0.145. The van der Waals surface area contributed by atoms with E-state index in [-0.39, 0.29) is 36.4 Å². The normalized spacial score (nSPS) is 13.5. The Balaban J connectivity index is 1.82. The second kappa shape index (κ2) is 7.19. The summed E-state index contributed by atoms with van der Waals surface area (Å²) in [5.41, 5.74) is 1.82.